The van der Waals surface area contributed by atoms with Crippen molar-refractivity contribution in [3.63, 3.8) is 0 Å². The van der Waals surface area contributed by atoms with Crippen LogP contribution in [-0.2, 0) is 0 Å². The van der Waals surface area contributed by atoms with Gasteiger partial charge in [-0.25, -0.2) is 9.97 Å². The summed E-state index contributed by atoms with van der Waals surface area (Å²) in [5, 5.41) is 7.74. The van der Waals surface area contributed by atoms with Gasteiger partial charge in [-0.2, -0.15) is 5.10 Å². The summed E-state index contributed by atoms with van der Waals surface area (Å²) in [6.45, 7) is 0. The minimum Gasteiger partial charge on any atom is -0.337 e. The van der Waals surface area contributed by atoms with Gasteiger partial charge in [0.15, 0.2) is 5.65 Å². The van der Waals surface area contributed by atoms with E-state index in [4.69, 9.17) is 0 Å². The Labute approximate surface area is 101 Å². The van der Waals surface area contributed by atoms with Crippen molar-refractivity contribution < 1.29 is 0 Å². The minimum atomic E-state index is 0.775. The summed E-state index contributed by atoms with van der Waals surface area (Å²) in [5.41, 5.74) is 3.52. The molecule has 0 amide bonds. The Morgan fingerprint density at radius 3 is 3.06 bits per heavy atom. The van der Waals surface area contributed by atoms with Crippen molar-refractivity contribution in [3.05, 3.63) is 36.9 Å². The Morgan fingerprint density at radius 2 is 2.11 bits per heavy atom. The maximum absolute atomic E-state index is 4.51. The molecule has 0 aliphatic rings. The molecule has 0 unspecified atom stereocenters. The second-order valence-electron chi connectivity index (χ2n) is 4.01. The molecule has 0 fully saturated rings. The molecule has 6 heteroatoms. The quantitative estimate of drug-likeness (QED) is 0.528. The van der Waals surface area contributed by atoms with E-state index in [-0.39, 0.29) is 0 Å². The van der Waals surface area contributed by atoms with Crippen molar-refractivity contribution >= 4 is 22.1 Å². The molecule has 0 aromatic carbocycles. The zero-order valence-corrected chi connectivity index (χ0v) is 9.25. The van der Waals surface area contributed by atoms with Gasteiger partial charge in [0.05, 0.1) is 23.4 Å². The maximum Gasteiger partial charge on any atom is 0.155 e. The molecule has 4 aromatic heterocycles. The van der Waals surface area contributed by atoms with Crippen molar-refractivity contribution in [2.45, 2.75) is 0 Å². The summed E-state index contributed by atoms with van der Waals surface area (Å²) in [6, 6.07) is 3.87. The lowest BCUT2D eigenvalue weighted by atomic mass is 10.2. The summed E-state index contributed by atoms with van der Waals surface area (Å²) in [7, 11) is 0. The van der Waals surface area contributed by atoms with Gasteiger partial charge in [0.25, 0.3) is 0 Å². The van der Waals surface area contributed by atoms with Crippen molar-refractivity contribution in [1.29, 1.82) is 0 Å². The molecule has 0 atom stereocenters. The number of nitrogens with one attached hydrogen (secondary N) is 2. The fourth-order valence-corrected chi connectivity index (χ4v) is 1.96. The van der Waals surface area contributed by atoms with Crippen molar-refractivity contribution in [2.24, 2.45) is 0 Å². The first-order valence-corrected chi connectivity index (χ1v) is 5.49. The lowest BCUT2D eigenvalue weighted by Crippen LogP contribution is -1.83. The van der Waals surface area contributed by atoms with Gasteiger partial charge in [0.2, 0.25) is 0 Å². The minimum absolute atomic E-state index is 0.775. The predicted molar refractivity (Wildman–Crippen MR) is 66.8 cm³/mol. The molecule has 18 heavy (non-hydrogen) atoms. The lowest BCUT2D eigenvalue weighted by Gasteiger charge is -1.95. The smallest absolute Gasteiger partial charge is 0.155 e. The van der Waals surface area contributed by atoms with Crippen LogP contribution >= 0.6 is 0 Å². The molecule has 0 saturated heterocycles. The van der Waals surface area contributed by atoms with Crippen LogP contribution in [0.2, 0.25) is 0 Å². The van der Waals surface area contributed by atoms with Crippen LogP contribution in [0.5, 0.6) is 0 Å². The van der Waals surface area contributed by atoms with E-state index < -0.39 is 0 Å². The third-order valence-corrected chi connectivity index (χ3v) is 2.85. The van der Waals surface area contributed by atoms with E-state index in [9.17, 15) is 0 Å². The van der Waals surface area contributed by atoms with Gasteiger partial charge < -0.3 is 4.98 Å². The average molecular weight is 236 g/mol. The first kappa shape index (κ1) is 9.29. The zero-order chi connectivity index (χ0) is 11.9. The highest BCUT2D eigenvalue weighted by Gasteiger charge is 2.07. The van der Waals surface area contributed by atoms with Gasteiger partial charge in [-0.3, -0.25) is 10.1 Å². The van der Waals surface area contributed by atoms with Gasteiger partial charge in [-0.1, -0.05) is 0 Å². The van der Waals surface area contributed by atoms with E-state index in [0.717, 1.165) is 33.5 Å². The number of aromatic amines is 2. The Hall–Kier alpha value is -2.76. The van der Waals surface area contributed by atoms with Gasteiger partial charge in [0.1, 0.15) is 5.82 Å². The SMILES string of the molecule is c1cc2nc(-c3cnc4[nH]ncc4c3)[nH]c2cn1. The largest absolute Gasteiger partial charge is 0.337 e. The number of imidazole rings is 1. The van der Waals surface area contributed by atoms with E-state index in [1.54, 1.807) is 24.8 Å². The van der Waals surface area contributed by atoms with E-state index >= 15 is 0 Å². The third kappa shape index (κ3) is 1.29. The highest BCUT2D eigenvalue weighted by Crippen LogP contribution is 2.21. The Bertz CT molecular complexity index is 811. The van der Waals surface area contributed by atoms with Gasteiger partial charge in [-0.15, -0.1) is 0 Å². The molecule has 4 rings (SSSR count). The molecule has 0 saturated carbocycles. The van der Waals surface area contributed by atoms with Crippen LogP contribution in [0.1, 0.15) is 0 Å². The summed E-state index contributed by atoms with van der Waals surface area (Å²) in [5.74, 6) is 0.786. The number of nitrogens with zero attached hydrogens (tertiary/aromatic N) is 4. The third-order valence-electron chi connectivity index (χ3n) is 2.85. The molecule has 0 aliphatic carbocycles. The van der Waals surface area contributed by atoms with Crippen molar-refractivity contribution in [1.82, 2.24) is 30.1 Å². The first-order chi connectivity index (χ1) is 8.90. The van der Waals surface area contributed by atoms with Gasteiger partial charge in [0, 0.05) is 23.3 Å². The van der Waals surface area contributed by atoms with Crippen LogP contribution in [0.25, 0.3) is 33.5 Å². The molecule has 86 valence electrons. The first-order valence-electron chi connectivity index (χ1n) is 5.49. The summed E-state index contributed by atoms with van der Waals surface area (Å²) in [6.07, 6.45) is 7.00. The molecule has 6 nitrogen and oxygen atoms in total. The summed E-state index contributed by atoms with van der Waals surface area (Å²) >= 11 is 0. The summed E-state index contributed by atoms with van der Waals surface area (Å²) < 4.78 is 0. The molecule has 4 aromatic rings. The molecule has 0 radical (unpaired) electrons. The summed E-state index contributed by atoms with van der Waals surface area (Å²) in [4.78, 5) is 16.1. The Morgan fingerprint density at radius 1 is 1.11 bits per heavy atom. The fraction of sp³-hybridized carbons (Fsp3) is 0. The number of rotatable bonds is 1. The van der Waals surface area contributed by atoms with E-state index in [2.05, 4.69) is 30.1 Å². The molecule has 0 spiro atoms. The molecule has 0 bridgehead atoms. The molecule has 0 aliphatic heterocycles. The maximum atomic E-state index is 4.51. The number of aromatic nitrogens is 6. The van der Waals surface area contributed by atoms with Crippen molar-refractivity contribution in [3.8, 4) is 11.4 Å². The standard InChI is InChI=1S/C12H8N6/c1-2-13-6-10-9(1)16-12(17-10)7-3-8-5-15-18-11(8)14-4-7/h1-6H,(H,16,17)(H,14,15,18). The van der Waals surface area contributed by atoms with Crippen LogP contribution in [0, 0.1) is 0 Å². The highest BCUT2D eigenvalue weighted by molar-refractivity contribution is 5.82. The number of pyridine rings is 2. The van der Waals surface area contributed by atoms with E-state index in [1.165, 1.54) is 0 Å². The Kier molecular flexibility index (Phi) is 1.74. The number of fused-ring (bicyclic) bond motifs is 2. The average Bonchev–Trinajstić information content (AvgIpc) is 3.04. The van der Waals surface area contributed by atoms with Gasteiger partial charge in [-0.05, 0) is 12.1 Å². The number of hydrogen-bond acceptors (Lipinski definition) is 4. The molecule has 4 heterocycles. The second kappa shape index (κ2) is 3.36. The predicted octanol–water partition coefficient (Wildman–Crippen LogP) is 1.90. The second-order valence-corrected chi connectivity index (χ2v) is 4.01. The van der Waals surface area contributed by atoms with E-state index in [1.807, 2.05) is 12.1 Å². The van der Waals surface area contributed by atoms with Crippen molar-refractivity contribution in [2.75, 3.05) is 0 Å². The van der Waals surface area contributed by atoms with Crippen LogP contribution in [0.3, 0.4) is 0 Å². The van der Waals surface area contributed by atoms with Crippen LogP contribution in [0.15, 0.2) is 36.9 Å². The monoisotopic (exact) mass is 236 g/mol. The Balaban J connectivity index is 1.94. The molecular weight excluding hydrogens is 228 g/mol. The lowest BCUT2D eigenvalue weighted by molar-refractivity contribution is 1.10. The normalized spacial score (nSPS) is 11.3. The van der Waals surface area contributed by atoms with E-state index in [0.29, 0.717) is 0 Å². The topological polar surface area (TPSA) is 83.1 Å². The number of hydrogen-bond donors (Lipinski definition) is 2. The molecular formula is C12H8N6. The highest BCUT2D eigenvalue weighted by atomic mass is 15.1. The van der Waals surface area contributed by atoms with Crippen LogP contribution < -0.4 is 0 Å². The van der Waals surface area contributed by atoms with Crippen LogP contribution in [-0.4, -0.2) is 30.1 Å². The van der Waals surface area contributed by atoms with Gasteiger partial charge >= 0.3 is 0 Å². The number of H-pyrrole nitrogens is 2. The van der Waals surface area contributed by atoms with Crippen LogP contribution in [0.4, 0.5) is 0 Å². The molecule has 2 N–H and O–H groups in total. The zero-order valence-electron chi connectivity index (χ0n) is 9.25. The fourth-order valence-electron chi connectivity index (χ4n) is 1.96.